The number of nitrogens with one attached hydrogen (secondary N) is 1. The zero-order valence-electron chi connectivity index (χ0n) is 11.3. The molecule has 0 saturated heterocycles. The van der Waals surface area contributed by atoms with Gasteiger partial charge in [0.1, 0.15) is 6.04 Å². The molecule has 2 rings (SSSR count). The number of rotatable bonds is 4. The fraction of sp³-hybridized carbons (Fsp3) is 0.571. The van der Waals surface area contributed by atoms with Gasteiger partial charge in [-0.25, -0.2) is 0 Å². The molecular formula is C14H21ClNO2+. The molecule has 0 fully saturated rings. The van der Waals surface area contributed by atoms with Crippen LogP contribution in [0, 0.1) is 0 Å². The van der Waals surface area contributed by atoms with E-state index < -0.39 is 0 Å². The topological polar surface area (TPSA) is 22.9 Å². The molecule has 1 aromatic carbocycles. The molecule has 0 aliphatic carbocycles. The lowest BCUT2D eigenvalue weighted by atomic mass is 9.93. The molecule has 3 nitrogen and oxygen atoms in total. The number of methoxy groups -OCH3 is 2. The minimum absolute atomic E-state index is 0.465. The van der Waals surface area contributed by atoms with Gasteiger partial charge in [0.05, 0.1) is 33.2 Å². The van der Waals surface area contributed by atoms with Gasteiger partial charge in [-0.3, -0.25) is 0 Å². The fourth-order valence-electron chi connectivity index (χ4n) is 2.75. The zero-order chi connectivity index (χ0) is 13.1. The van der Waals surface area contributed by atoms with Crippen molar-refractivity contribution in [3.05, 3.63) is 23.3 Å². The Kier molecular flexibility index (Phi) is 4.36. The molecule has 0 radical (unpaired) electrons. The molecule has 18 heavy (non-hydrogen) atoms. The van der Waals surface area contributed by atoms with Crippen molar-refractivity contribution in [1.82, 2.24) is 0 Å². The molecule has 0 bridgehead atoms. The van der Waals surface area contributed by atoms with E-state index in [1.807, 2.05) is 0 Å². The lowest BCUT2D eigenvalue weighted by Gasteiger charge is -2.32. The van der Waals surface area contributed by atoms with Crippen LogP contribution in [0.5, 0.6) is 11.5 Å². The summed E-state index contributed by atoms with van der Waals surface area (Å²) >= 11 is 5.87. The maximum absolute atomic E-state index is 5.87. The molecule has 2 atom stereocenters. The van der Waals surface area contributed by atoms with Gasteiger partial charge < -0.3 is 14.4 Å². The predicted octanol–water partition coefficient (Wildman–Crippen LogP) is 1.44. The molecule has 0 saturated carbocycles. The molecule has 100 valence electrons. The highest BCUT2D eigenvalue weighted by Crippen LogP contribution is 2.33. The molecule has 1 aliphatic rings. The Labute approximate surface area is 114 Å². The van der Waals surface area contributed by atoms with Crippen LogP contribution < -0.4 is 14.4 Å². The average molecular weight is 271 g/mol. The van der Waals surface area contributed by atoms with Gasteiger partial charge >= 0.3 is 0 Å². The summed E-state index contributed by atoms with van der Waals surface area (Å²) in [7, 11) is 3.36. The zero-order valence-corrected chi connectivity index (χ0v) is 12.0. The van der Waals surface area contributed by atoms with Crippen LogP contribution >= 0.6 is 11.6 Å². The smallest absolute Gasteiger partial charge is 0.161 e. The third-order valence-electron chi connectivity index (χ3n) is 3.86. The van der Waals surface area contributed by atoms with E-state index in [1.165, 1.54) is 11.1 Å². The van der Waals surface area contributed by atoms with Crippen molar-refractivity contribution in [2.45, 2.75) is 19.4 Å². The summed E-state index contributed by atoms with van der Waals surface area (Å²) in [5.41, 5.74) is 2.73. The Morgan fingerprint density at radius 1 is 1.28 bits per heavy atom. The van der Waals surface area contributed by atoms with Crippen LogP contribution in [-0.2, 0) is 6.42 Å². The van der Waals surface area contributed by atoms with Gasteiger partial charge in [-0.15, -0.1) is 11.6 Å². The first-order chi connectivity index (χ1) is 8.71. The van der Waals surface area contributed by atoms with Crippen molar-refractivity contribution in [1.29, 1.82) is 0 Å². The fourth-order valence-corrected chi connectivity index (χ4v) is 2.99. The number of halogens is 1. The quantitative estimate of drug-likeness (QED) is 0.837. The predicted molar refractivity (Wildman–Crippen MR) is 73.1 cm³/mol. The molecule has 1 N–H and O–H groups in total. The molecule has 0 spiro atoms. The third-order valence-corrected chi connectivity index (χ3v) is 4.04. The van der Waals surface area contributed by atoms with Crippen molar-refractivity contribution in [3.63, 3.8) is 0 Å². The summed E-state index contributed by atoms with van der Waals surface area (Å²) in [5, 5.41) is 0. The molecule has 0 amide bonds. The maximum atomic E-state index is 5.87. The molecule has 1 unspecified atom stereocenters. The van der Waals surface area contributed by atoms with Crippen LogP contribution in [0.3, 0.4) is 0 Å². The Morgan fingerprint density at radius 2 is 1.94 bits per heavy atom. The van der Waals surface area contributed by atoms with Gasteiger partial charge in [0.15, 0.2) is 11.5 Å². The maximum Gasteiger partial charge on any atom is 0.161 e. The molecular weight excluding hydrogens is 250 g/mol. The minimum Gasteiger partial charge on any atom is -0.493 e. The van der Waals surface area contributed by atoms with Crippen molar-refractivity contribution in [2.75, 3.05) is 33.2 Å². The number of quaternary nitrogens is 1. The van der Waals surface area contributed by atoms with Crippen LogP contribution in [0.4, 0.5) is 0 Å². The highest BCUT2D eigenvalue weighted by molar-refractivity contribution is 6.17. The number of alkyl halides is 1. The van der Waals surface area contributed by atoms with Crippen LogP contribution in [0.25, 0.3) is 0 Å². The van der Waals surface area contributed by atoms with Crippen molar-refractivity contribution >= 4 is 11.6 Å². The second kappa shape index (κ2) is 5.81. The standard InChI is InChI=1S/C14H20ClNO2/c1-10-12-9-14(18-3)13(17-2)8-11(12)4-6-16(10)7-5-15/h8-10H,4-7H2,1-3H3/p+1/t10-/m1/s1. The summed E-state index contributed by atoms with van der Waals surface area (Å²) in [4.78, 5) is 1.55. The van der Waals surface area contributed by atoms with E-state index >= 15 is 0 Å². The Hall–Kier alpha value is -0.930. The van der Waals surface area contributed by atoms with Crippen LogP contribution in [-0.4, -0.2) is 33.2 Å². The lowest BCUT2D eigenvalue weighted by Crippen LogP contribution is -3.13. The highest BCUT2D eigenvalue weighted by atomic mass is 35.5. The van der Waals surface area contributed by atoms with E-state index in [1.54, 1.807) is 19.1 Å². The first-order valence-corrected chi connectivity index (χ1v) is 6.90. The van der Waals surface area contributed by atoms with E-state index in [0.717, 1.165) is 31.0 Å². The van der Waals surface area contributed by atoms with E-state index in [4.69, 9.17) is 21.1 Å². The summed E-state index contributed by atoms with van der Waals surface area (Å²) in [6.07, 6.45) is 1.08. The summed E-state index contributed by atoms with van der Waals surface area (Å²) < 4.78 is 10.7. The molecule has 1 aliphatic heterocycles. The Balaban J connectivity index is 2.35. The van der Waals surface area contributed by atoms with E-state index in [0.29, 0.717) is 11.9 Å². The van der Waals surface area contributed by atoms with Gasteiger partial charge in [-0.05, 0) is 24.6 Å². The SMILES string of the molecule is COc1cc2c(cc1OC)[C@@H](C)[NH+](CCCl)CC2. The van der Waals surface area contributed by atoms with Gasteiger partial charge in [0, 0.05) is 12.0 Å². The van der Waals surface area contributed by atoms with Crippen molar-refractivity contribution in [2.24, 2.45) is 0 Å². The number of ether oxygens (including phenoxy) is 2. The summed E-state index contributed by atoms with van der Waals surface area (Å²) in [6, 6.07) is 4.70. The van der Waals surface area contributed by atoms with Gasteiger partial charge in [0.25, 0.3) is 0 Å². The normalized spacial score (nSPS) is 22.4. The van der Waals surface area contributed by atoms with Crippen LogP contribution in [0.2, 0.25) is 0 Å². The monoisotopic (exact) mass is 270 g/mol. The first kappa shape index (κ1) is 13.5. The number of fused-ring (bicyclic) bond motifs is 1. The van der Waals surface area contributed by atoms with E-state index in [9.17, 15) is 0 Å². The van der Waals surface area contributed by atoms with Crippen LogP contribution in [0.1, 0.15) is 24.1 Å². The lowest BCUT2D eigenvalue weighted by molar-refractivity contribution is -0.929. The van der Waals surface area contributed by atoms with Crippen LogP contribution in [0.15, 0.2) is 12.1 Å². The van der Waals surface area contributed by atoms with E-state index in [2.05, 4.69) is 19.1 Å². The minimum atomic E-state index is 0.465. The molecule has 4 heteroatoms. The second-order valence-electron chi connectivity index (χ2n) is 4.72. The largest absolute Gasteiger partial charge is 0.493 e. The van der Waals surface area contributed by atoms with Gasteiger partial charge in [0.2, 0.25) is 0 Å². The third kappa shape index (κ3) is 2.43. The van der Waals surface area contributed by atoms with Gasteiger partial charge in [-0.2, -0.15) is 0 Å². The summed E-state index contributed by atoms with van der Waals surface area (Å²) in [5.74, 6) is 2.35. The van der Waals surface area contributed by atoms with Crippen molar-refractivity contribution in [3.8, 4) is 11.5 Å². The molecule has 0 aromatic heterocycles. The van der Waals surface area contributed by atoms with Crippen molar-refractivity contribution < 1.29 is 14.4 Å². The van der Waals surface area contributed by atoms with Gasteiger partial charge in [-0.1, -0.05) is 0 Å². The van der Waals surface area contributed by atoms with E-state index in [-0.39, 0.29) is 0 Å². The summed E-state index contributed by atoms with van der Waals surface area (Å²) in [6.45, 7) is 4.40. The number of hydrogen-bond acceptors (Lipinski definition) is 2. The highest BCUT2D eigenvalue weighted by Gasteiger charge is 2.28. The Bertz CT molecular complexity index is 423. The first-order valence-electron chi connectivity index (χ1n) is 6.36. The number of benzene rings is 1. The Morgan fingerprint density at radius 3 is 2.56 bits per heavy atom. The second-order valence-corrected chi connectivity index (χ2v) is 5.10. The number of hydrogen-bond donors (Lipinski definition) is 1. The molecule has 1 heterocycles. The average Bonchev–Trinajstić information content (AvgIpc) is 2.41. The molecule has 1 aromatic rings.